The van der Waals surface area contributed by atoms with Gasteiger partial charge in [0.15, 0.2) is 0 Å². The minimum Gasteiger partial charge on any atom is -0.309 e. The Morgan fingerprint density at radius 1 is 0.333 bits per heavy atom. The van der Waals surface area contributed by atoms with Crippen LogP contribution in [0.1, 0.15) is 52.7 Å². The molecule has 0 spiro atoms. The van der Waals surface area contributed by atoms with Crippen LogP contribution in [0.3, 0.4) is 0 Å². The van der Waals surface area contributed by atoms with Crippen molar-refractivity contribution in [2.75, 3.05) is 0 Å². The molecule has 0 saturated carbocycles. The Balaban J connectivity index is 1.13. The topological polar surface area (TPSA) is 14.8 Å². The van der Waals surface area contributed by atoms with Gasteiger partial charge < -0.3 is 13.7 Å². The van der Waals surface area contributed by atoms with E-state index in [-0.39, 0.29) is 17.5 Å². The molecule has 11 aromatic carbocycles. The Bertz CT molecular complexity index is 4680. The van der Waals surface area contributed by atoms with Crippen molar-refractivity contribution in [1.29, 1.82) is 0 Å². The van der Waals surface area contributed by atoms with E-state index < -0.39 is 0 Å². The second-order valence-electron chi connectivity index (χ2n) is 23.2. The molecule has 1 aliphatic carbocycles. The fourth-order valence-electron chi connectivity index (χ4n) is 14.2. The maximum absolute atomic E-state index is 2.71. The lowest BCUT2D eigenvalue weighted by molar-refractivity contribution is 0.591. The molecule has 0 N–H and O–H groups in total. The van der Waals surface area contributed by atoms with E-state index in [1.165, 1.54) is 165 Å². The van der Waals surface area contributed by atoms with Crippen LogP contribution in [0.25, 0.3) is 137 Å². The second-order valence-corrected chi connectivity index (χ2v) is 23.2. The van der Waals surface area contributed by atoms with Crippen LogP contribution >= 0.6 is 0 Å². The van der Waals surface area contributed by atoms with Gasteiger partial charge in [0.1, 0.15) is 0 Å². The molecule has 4 heteroatoms. The van der Waals surface area contributed by atoms with Gasteiger partial charge in [-0.15, -0.1) is 0 Å². The molecule has 0 fully saturated rings. The normalized spacial score (nSPS) is 13.7. The van der Waals surface area contributed by atoms with E-state index >= 15 is 0 Å². The molecule has 17 rings (SSSR count). The summed E-state index contributed by atoms with van der Waals surface area (Å²) >= 11 is 0. The lowest BCUT2D eigenvalue weighted by Crippen LogP contribution is -2.59. The van der Waals surface area contributed by atoms with Gasteiger partial charge in [-0.25, -0.2) is 0 Å². The Morgan fingerprint density at radius 2 is 0.806 bits per heavy atom. The molecule has 0 atom stereocenters. The zero-order valence-corrected chi connectivity index (χ0v) is 41.2. The first-order chi connectivity index (χ1) is 35.0. The SMILES string of the molecule is CC(C)(C)c1cc2c3c(c1)c1ccc4ccccc4c1n3-c1cc(-n3c4cccc5c4c4c6c(cccc6ccc43)-c3ccccc3-5)cc3c1B2c1cc(C(C)(C)C)cc2c4ccc5ccccc5c4n-3c12. The van der Waals surface area contributed by atoms with Crippen LogP contribution in [-0.4, -0.2) is 20.4 Å². The fraction of sp³-hybridized carbons (Fsp3) is 0.118. The third-order valence-corrected chi connectivity index (χ3v) is 17.4. The maximum Gasteiger partial charge on any atom is 0.252 e. The first kappa shape index (κ1) is 39.4. The third-order valence-electron chi connectivity index (χ3n) is 17.4. The van der Waals surface area contributed by atoms with Gasteiger partial charge in [0, 0.05) is 65.5 Å². The fourth-order valence-corrected chi connectivity index (χ4v) is 14.2. The molecule has 0 radical (unpaired) electrons. The number of benzene rings is 11. The Hall–Kier alpha value is -8.34. The zero-order chi connectivity index (χ0) is 47.8. The van der Waals surface area contributed by atoms with Crippen LogP contribution < -0.4 is 16.4 Å². The van der Waals surface area contributed by atoms with E-state index in [0.29, 0.717) is 0 Å². The van der Waals surface area contributed by atoms with E-state index in [4.69, 9.17) is 0 Å². The minimum absolute atomic E-state index is 0.0110. The largest absolute Gasteiger partial charge is 0.309 e. The average molecular weight is 918 g/mol. The van der Waals surface area contributed by atoms with E-state index in [9.17, 15) is 0 Å². The quantitative estimate of drug-likeness (QED) is 0.146. The standard InChI is InChI=1S/C68H48BN3/c1-67(2,3)40-31-51-49-28-25-37-15-7-9-18-43(37)63(49)71-57-35-42(70-55-24-14-23-48-46-21-12-11-20-45(46)47-22-13-17-39-27-30-56(70)61(59(39)47)60(48)55)36-58-62(57)69(53(33-40)65(51)71)54-34-41(68(4,5)6)32-52-50-29-26-38-16-8-10-19-44(38)64(50)72(58)66(52)54/h7-36H,1-6H3. The summed E-state index contributed by atoms with van der Waals surface area (Å²) in [6, 6.07) is 70.7. The smallest absolute Gasteiger partial charge is 0.252 e. The van der Waals surface area contributed by atoms with Crippen LogP contribution in [0.15, 0.2) is 182 Å². The molecular formula is C68H48BN3. The number of rotatable bonds is 1. The van der Waals surface area contributed by atoms with Crippen LogP contribution in [-0.2, 0) is 10.8 Å². The van der Waals surface area contributed by atoms with Gasteiger partial charge in [-0.1, -0.05) is 187 Å². The van der Waals surface area contributed by atoms with E-state index in [2.05, 4.69) is 237 Å². The van der Waals surface area contributed by atoms with Gasteiger partial charge in [-0.3, -0.25) is 0 Å². The lowest BCUT2D eigenvalue weighted by Gasteiger charge is -2.36. The van der Waals surface area contributed by atoms with E-state index in [1.54, 1.807) is 0 Å². The van der Waals surface area contributed by atoms with Crippen LogP contribution in [0.4, 0.5) is 0 Å². The molecule has 0 amide bonds. The second kappa shape index (κ2) is 12.9. The van der Waals surface area contributed by atoms with E-state index in [1.807, 2.05) is 0 Å². The van der Waals surface area contributed by atoms with Crippen LogP contribution in [0.2, 0.25) is 0 Å². The third kappa shape index (κ3) is 4.70. The van der Waals surface area contributed by atoms with Gasteiger partial charge >= 0.3 is 0 Å². The van der Waals surface area contributed by atoms with Crippen molar-refractivity contribution in [3.63, 3.8) is 0 Å². The monoisotopic (exact) mass is 917 g/mol. The molecule has 3 aliphatic rings. The average Bonchev–Trinajstić information content (AvgIpc) is 4.02. The molecule has 72 heavy (non-hydrogen) atoms. The molecule has 0 unspecified atom stereocenters. The summed E-state index contributed by atoms with van der Waals surface area (Å²) in [6.45, 7) is 14.3. The summed E-state index contributed by atoms with van der Waals surface area (Å²) in [5.74, 6) is 0. The minimum atomic E-state index is -0.0729. The van der Waals surface area contributed by atoms with Crippen molar-refractivity contribution in [1.82, 2.24) is 13.7 Å². The highest BCUT2D eigenvalue weighted by Crippen LogP contribution is 2.51. The predicted octanol–water partition coefficient (Wildman–Crippen LogP) is 15.8. The summed E-state index contributed by atoms with van der Waals surface area (Å²) < 4.78 is 8.03. The summed E-state index contributed by atoms with van der Waals surface area (Å²) in [6.07, 6.45) is 0. The van der Waals surface area contributed by atoms with Crippen LogP contribution in [0.5, 0.6) is 0 Å². The first-order valence-electron chi connectivity index (χ1n) is 25.8. The number of aromatic nitrogens is 3. The van der Waals surface area contributed by atoms with Crippen molar-refractivity contribution in [3.05, 3.63) is 193 Å². The number of hydrogen-bond acceptors (Lipinski definition) is 0. The Morgan fingerprint density at radius 3 is 1.38 bits per heavy atom. The molecule has 3 nitrogen and oxygen atoms in total. The summed E-state index contributed by atoms with van der Waals surface area (Å²) in [7, 11) is 0. The molecule has 0 saturated heterocycles. The Kier molecular flexibility index (Phi) is 7.08. The van der Waals surface area contributed by atoms with Crippen LogP contribution in [0, 0.1) is 0 Å². The molecule has 5 heterocycles. The molecule has 14 aromatic rings. The van der Waals surface area contributed by atoms with Gasteiger partial charge in [0.25, 0.3) is 6.71 Å². The van der Waals surface area contributed by atoms with Crippen molar-refractivity contribution in [2.24, 2.45) is 0 Å². The maximum atomic E-state index is 2.71. The van der Waals surface area contributed by atoms with Crippen molar-refractivity contribution >= 4 is 121 Å². The van der Waals surface area contributed by atoms with Gasteiger partial charge in [-0.05, 0) is 119 Å². The molecule has 0 bridgehead atoms. The van der Waals surface area contributed by atoms with Gasteiger partial charge in [0.2, 0.25) is 0 Å². The zero-order valence-electron chi connectivity index (χ0n) is 41.2. The van der Waals surface area contributed by atoms with Crippen molar-refractivity contribution in [2.45, 2.75) is 52.4 Å². The number of nitrogens with zero attached hydrogens (tertiary/aromatic N) is 3. The molecule has 338 valence electrons. The molecule has 2 aliphatic heterocycles. The van der Waals surface area contributed by atoms with Crippen molar-refractivity contribution in [3.8, 4) is 39.3 Å². The molecule has 3 aromatic heterocycles. The summed E-state index contributed by atoms with van der Waals surface area (Å²) in [5.41, 5.74) is 23.3. The predicted molar refractivity (Wildman–Crippen MR) is 308 cm³/mol. The summed E-state index contributed by atoms with van der Waals surface area (Å²) in [4.78, 5) is 0. The van der Waals surface area contributed by atoms with Crippen molar-refractivity contribution < 1.29 is 0 Å². The highest BCUT2D eigenvalue weighted by Gasteiger charge is 2.43. The van der Waals surface area contributed by atoms with Gasteiger partial charge in [0.05, 0.1) is 27.8 Å². The highest BCUT2D eigenvalue weighted by molar-refractivity contribution is 7.00. The number of hydrogen-bond donors (Lipinski definition) is 0. The Labute approximate surface area is 417 Å². The first-order valence-corrected chi connectivity index (χ1v) is 25.8. The highest BCUT2D eigenvalue weighted by atomic mass is 15.1. The number of fused-ring (bicyclic) bond motifs is 17. The van der Waals surface area contributed by atoms with E-state index in [0.717, 1.165) is 0 Å². The lowest BCUT2D eigenvalue weighted by atomic mass is 9.34. The summed E-state index contributed by atoms with van der Waals surface area (Å²) in [5, 5.41) is 15.6. The molecular weight excluding hydrogens is 870 g/mol. The van der Waals surface area contributed by atoms with Gasteiger partial charge in [-0.2, -0.15) is 0 Å².